The third-order valence-electron chi connectivity index (χ3n) is 7.78. The molecule has 8 heteroatoms. The van der Waals surface area contributed by atoms with Gasteiger partial charge in [-0.25, -0.2) is 9.97 Å². The summed E-state index contributed by atoms with van der Waals surface area (Å²) in [5.74, 6) is 0.906. The molecule has 0 spiro atoms. The molecule has 3 aliphatic rings. The molecular formula is C24H35BN4O3. The predicted octanol–water partition coefficient (Wildman–Crippen LogP) is 2.98. The number of aromatic nitrogens is 2. The molecule has 3 heterocycles. The molecule has 0 bridgehead atoms. The summed E-state index contributed by atoms with van der Waals surface area (Å²) in [6, 6.07) is 7.34. The first-order valence-corrected chi connectivity index (χ1v) is 12.0. The summed E-state index contributed by atoms with van der Waals surface area (Å²) in [4.78, 5) is 11.7. The van der Waals surface area contributed by atoms with Crippen LogP contribution < -0.4 is 10.8 Å². The van der Waals surface area contributed by atoms with Crippen LogP contribution in [0.15, 0.2) is 24.5 Å². The Labute approximate surface area is 191 Å². The molecule has 1 N–H and O–H groups in total. The average Bonchev–Trinajstić information content (AvgIpc) is 3.02. The molecule has 2 saturated heterocycles. The second kappa shape index (κ2) is 8.56. The Hall–Kier alpha value is -1.74. The van der Waals surface area contributed by atoms with Crippen molar-refractivity contribution >= 4 is 29.3 Å². The van der Waals surface area contributed by atoms with E-state index in [1.165, 1.54) is 12.8 Å². The number of hydrogen-bond donors (Lipinski definition) is 1. The summed E-state index contributed by atoms with van der Waals surface area (Å²) in [6.07, 6.45) is 6.41. The van der Waals surface area contributed by atoms with E-state index in [-0.39, 0.29) is 18.3 Å². The summed E-state index contributed by atoms with van der Waals surface area (Å²) in [7, 11) is -0.388. The van der Waals surface area contributed by atoms with E-state index in [2.05, 4.69) is 60.0 Å². The summed E-state index contributed by atoms with van der Waals surface area (Å²) in [5.41, 5.74) is 1.22. The van der Waals surface area contributed by atoms with Crippen molar-refractivity contribution in [3.63, 3.8) is 0 Å². The summed E-state index contributed by atoms with van der Waals surface area (Å²) in [5, 5.41) is 4.74. The number of ether oxygens (including phenoxy) is 1. The number of morpholine rings is 1. The quantitative estimate of drug-likeness (QED) is 0.737. The van der Waals surface area contributed by atoms with E-state index in [0.29, 0.717) is 12.1 Å². The van der Waals surface area contributed by atoms with Crippen molar-refractivity contribution in [2.24, 2.45) is 0 Å². The molecule has 3 fully saturated rings. The minimum atomic E-state index is -0.388. The molecule has 2 aliphatic heterocycles. The van der Waals surface area contributed by atoms with Gasteiger partial charge in [-0.2, -0.15) is 0 Å². The predicted molar refractivity (Wildman–Crippen MR) is 127 cm³/mol. The standard InChI is InChI=1S/C24H35BN4O3/c1-23(2)24(3,4)32-25(31-23)17-5-10-21-20(15-17)22(27-16-26-21)28-18-6-8-19(9-7-18)29-11-13-30-14-12-29/h5,10,15-16,18-19H,6-9,11-14H2,1-4H3,(H,26,27,28). The van der Waals surface area contributed by atoms with Crippen molar-refractivity contribution in [2.45, 2.75) is 76.7 Å². The van der Waals surface area contributed by atoms with Gasteiger partial charge < -0.3 is 19.4 Å². The van der Waals surface area contributed by atoms with Gasteiger partial charge in [0.1, 0.15) is 12.1 Å². The molecule has 7 nitrogen and oxygen atoms in total. The minimum absolute atomic E-state index is 0.361. The molecule has 0 radical (unpaired) electrons. The van der Waals surface area contributed by atoms with Crippen LogP contribution in [0.3, 0.4) is 0 Å². The molecule has 1 aromatic carbocycles. The third kappa shape index (κ3) is 4.26. The first-order valence-electron chi connectivity index (χ1n) is 12.0. The highest BCUT2D eigenvalue weighted by molar-refractivity contribution is 6.62. The van der Waals surface area contributed by atoms with Gasteiger partial charge >= 0.3 is 7.12 Å². The number of anilines is 1. The van der Waals surface area contributed by atoms with Crippen molar-refractivity contribution in [1.82, 2.24) is 14.9 Å². The van der Waals surface area contributed by atoms with Crippen molar-refractivity contribution in [1.29, 1.82) is 0 Å². The van der Waals surface area contributed by atoms with Gasteiger partial charge in [-0.05, 0) is 71.0 Å². The molecule has 2 aromatic rings. The molecule has 0 unspecified atom stereocenters. The molecule has 1 aliphatic carbocycles. The molecule has 5 rings (SSSR count). The van der Waals surface area contributed by atoms with Crippen molar-refractivity contribution in [3.8, 4) is 0 Å². The maximum atomic E-state index is 6.26. The first kappa shape index (κ1) is 22.1. The van der Waals surface area contributed by atoms with E-state index in [4.69, 9.17) is 14.0 Å². The van der Waals surface area contributed by atoms with Crippen LogP contribution in [-0.2, 0) is 14.0 Å². The van der Waals surface area contributed by atoms with Crippen molar-refractivity contribution < 1.29 is 14.0 Å². The van der Waals surface area contributed by atoms with Crippen LogP contribution >= 0.6 is 0 Å². The topological polar surface area (TPSA) is 68.7 Å². The molecule has 32 heavy (non-hydrogen) atoms. The van der Waals surface area contributed by atoms with Crippen LogP contribution in [0.4, 0.5) is 5.82 Å². The average molecular weight is 438 g/mol. The second-order valence-corrected chi connectivity index (χ2v) is 10.4. The van der Waals surface area contributed by atoms with Crippen LogP contribution in [0.5, 0.6) is 0 Å². The van der Waals surface area contributed by atoms with E-state index in [1.807, 2.05) is 6.07 Å². The third-order valence-corrected chi connectivity index (χ3v) is 7.78. The lowest BCUT2D eigenvalue weighted by Gasteiger charge is -2.39. The number of rotatable bonds is 4. The van der Waals surface area contributed by atoms with E-state index in [9.17, 15) is 0 Å². The van der Waals surface area contributed by atoms with Gasteiger partial charge in [0.05, 0.1) is 29.9 Å². The van der Waals surface area contributed by atoms with Crippen LogP contribution in [0, 0.1) is 0 Å². The lowest BCUT2D eigenvalue weighted by molar-refractivity contribution is 0.00578. The summed E-state index contributed by atoms with van der Waals surface area (Å²) >= 11 is 0. The monoisotopic (exact) mass is 438 g/mol. The smallest absolute Gasteiger partial charge is 0.399 e. The minimum Gasteiger partial charge on any atom is -0.399 e. The van der Waals surface area contributed by atoms with Crippen LogP contribution in [0.25, 0.3) is 10.9 Å². The van der Waals surface area contributed by atoms with Crippen molar-refractivity contribution in [2.75, 3.05) is 31.6 Å². The maximum Gasteiger partial charge on any atom is 0.494 e. The van der Waals surface area contributed by atoms with E-state index < -0.39 is 0 Å². The number of hydrogen-bond acceptors (Lipinski definition) is 7. The zero-order chi connectivity index (χ0) is 22.3. The van der Waals surface area contributed by atoms with Gasteiger partial charge in [0.25, 0.3) is 0 Å². The van der Waals surface area contributed by atoms with Gasteiger partial charge in [-0.1, -0.05) is 6.07 Å². The Bertz CT molecular complexity index is 939. The van der Waals surface area contributed by atoms with E-state index >= 15 is 0 Å². The Balaban J connectivity index is 1.30. The van der Waals surface area contributed by atoms with Crippen LogP contribution in [0.1, 0.15) is 53.4 Å². The van der Waals surface area contributed by atoms with Crippen LogP contribution in [0.2, 0.25) is 0 Å². The highest BCUT2D eigenvalue weighted by atomic mass is 16.7. The first-order chi connectivity index (χ1) is 15.3. The van der Waals surface area contributed by atoms with Gasteiger partial charge in [-0.15, -0.1) is 0 Å². The number of nitrogens with zero attached hydrogens (tertiary/aromatic N) is 3. The van der Waals surface area contributed by atoms with Gasteiger partial charge in [-0.3, -0.25) is 4.90 Å². The van der Waals surface area contributed by atoms with E-state index in [1.54, 1.807) is 6.33 Å². The highest BCUT2D eigenvalue weighted by Crippen LogP contribution is 2.37. The molecule has 1 saturated carbocycles. The fraction of sp³-hybridized carbons (Fsp3) is 0.667. The molecule has 0 atom stereocenters. The van der Waals surface area contributed by atoms with Crippen molar-refractivity contribution in [3.05, 3.63) is 24.5 Å². The summed E-state index contributed by atoms with van der Waals surface area (Å²) < 4.78 is 18.0. The largest absolute Gasteiger partial charge is 0.494 e. The lowest BCUT2D eigenvalue weighted by Crippen LogP contribution is -2.46. The maximum absolute atomic E-state index is 6.26. The second-order valence-electron chi connectivity index (χ2n) is 10.4. The normalized spacial score (nSPS) is 28.2. The Morgan fingerprint density at radius 1 is 0.969 bits per heavy atom. The molecule has 1 aromatic heterocycles. The van der Waals surface area contributed by atoms with Crippen LogP contribution in [-0.4, -0.2) is 71.6 Å². The molecular weight excluding hydrogens is 403 g/mol. The van der Waals surface area contributed by atoms with E-state index in [0.717, 1.165) is 61.3 Å². The fourth-order valence-corrected chi connectivity index (χ4v) is 5.04. The van der Waals surface area contributed by atoms with Gasteiger partial charge in [0.15, 0.2) is 0 Å². The Morgan fingerprint density at radius 2 is 1.66 bits per heavy atom. The SMILES string of the molecule is CC1(C)OB(c2ccc3ncnc(NC4CCC(N5CCOCC5)CC4)c3c2)OC1(C)C. The fourth-order valence-electron chi connectivity index (χ4n) is 5.04. The Kier molecular flexibility index (Phi) is 5.90. The van der Waals surface area contributed by atoms with Gasteiger partial charge in [0.2, 0.25) is 0 Å². The highest BCUT2D eigenvalue weighted by Gasteiger charge is 2.51. The number of benzene rings is 1. The Morgan fingerprint density at radius 3 is 2.34 bits per heavy atom. The number of fused-ring (bicyclic) bond motifs is 1. The van der Waals surface area contributed by atoms with Gasteiger partial charge in [0, 0.05) is 30.6 Å². The number of nitrogens with one attached hydrogen (secondary N) is 1. The zero-order valence-corrected chi connectivity index (χ0v) is 19.8. The molecule has 172 valence electrons. The molecule has 0 amide bonds. The summed E-state index contributed by atoms with van der Waals surface area (Å²) in [6.45, 7) is 12.2. The lowest BCUT2D eigenvalue weighted by atomic mass is 9.78. The zero-order valence-electron chi connectivity index (χ0n) is 19.8.